The maximum Gasteiger partial charge on any atom is 0.346 e. The van der Waals surface area contributed by atoms with Crippen molar-refractivity contribution in [1.82, 2.24) is 0 Å². The van der Waals surface area contributed by atoms with Crippen molar-refractivity contribution in [3.05, 3.63) is 84.4 Å². The normalized spacial score (nSPS) is 13.2. The molecule has 0 aliphatic carbocycles. The summed E-state index contributed by atoms with van der Waals surface area (Å²) in [5.74, 6) is 0. The molecule has 3 N–H and O–H groups in total. The Bertz CT molecular complexity index is 1120. The van der Waals surface area contributed by atoms with Crippen LogP contribution in [0, 0.1) is 0 Å². The Morgan fingerprint density at radius 1 is 0.733 bits per heavy atom. The van der Waals surface area contributed by atoms with Crippen molar-refractivity contribution in [2.24, 2.45) is 0 Å². The molecule has 30 heavy (non-hydrogen) atoms. The third-order valence-electron chi connectivity index (χ3n) is 4.91. The zero-order valence-electron chi connectivity index (χ0n) is 16.1. The molecule has 0 amide bonds. The van der Waals surface area contributed by atoms with E-state index in [1.165, 1.54) is 0 Å². The fourth-order valence-electron chi connectivity index (χ4n) is 3.32. The first-order chi connectivity index (χ1) is 14.1. The van der Waals surface area contributed by atoms with Crippen LogP contribution in [0.3, 0.4) is 0 Å². The largest absolute Gasteiger partial charge is 0.346 e. The smallest absolute Gasteiger partial charge is 0.323 e. The summed E-state index contributed by atoms with van der Waals surface area (Å²) < 4.78 is 42.7. The summed E-state index contributed by atoms with van der Waals surface area (Å²) in [5.41, 5.74) is 5.30. The Balaban J connectivity index is 1.63. The fourth-order valence-corrected chi connectivity index (χ4v) is 5.69. The van der Waals surface area contributed by atoms with Gasteiger partial charge in [0.25, 0.3) is 10.1 Å². The summed E-state index contributed by atoms with van der Waals surface area (Å²) in [4.78, 5) is 16.2. The molecule has 158 valence electrons. The highest BCUT2D eigenvalue weighted by atomic mass is 32.2. The third kappa shape index (κ3) is 5.88. The van der Waals surface area contributed by atoms with Crippen LogP contribution >= 0.6 is 7.60 Å². The van der Waals surface area contributed by atoms with Gasteiger partial charge >= 0.3 is 7.60 Å². The number of aryl methyl sites for hydroxylation is 1. The number of hydrogen-bond donors (Lipinski definition) is 3. The second-order valence-electron chi connectivity index (χ2n) is 7.09. The van der Waals surface area contributed by atoms with Gasteiger partial charge in [-0.05, 0) is 47.1 Å². The van der Waals surface area contributed by atoms with Crippen molar-refractivity contribution < 1.29 is 27.3 Å². The van der Waals surface area contributed by atoms with Crippen LogP contribution in [0.4, 0.5) is 0 Å². The van der Waals surface area contributed by atoms with E-state index in [1.807, 2.05) is 54.6 Å². The zero-order valence-corrected chi connectivity index (χ0v) is 17.8. The molecule has 0 aliphatic heterocycles. The van der Waals surface area contributed by atoms with Crippen LogP contribution in [0.2, 0.25) is 0 Å². The molecule has 0 aliphatic rings. The van der Waals surface area contributed by atoms with Gasteiger partial charge < -0.3 is 9.79 Å². The molecule has 3 aromatic rings. The topological polar surface area (TPSA) is 112 Å². The molecule has 0 aromatic heterocycles. The molecule has 0 saturated carbocycles. The monoisotopic (exact) mass is 446 g/mol. The van der Waals surface area contributed by atoms with Crippen molar-refractivity contribution in [3.63, 3.8) is 0 Å². The number of benzene rings is 3. The maximum atomic E-state index is 11.3. The quantitative estimate of drug-likeness (QED) is 0.341. The van der Waals surface area contributed by atoms with Crippen LogP contribution in [0.1, 0.15) is 18.4 Å². The molecule has 0 spiro atoms. The van der Waals surface area contributed by atoms with Gasteiger partial charge in [0.05, 0.1) is 0 Å². The number of rotatable bonds is 8. The Kier molecular flexibility index (Phi) is 6.91. The first kappa shape index (κ1) is 22.4. The molecule has 0 bridgehead atoms. The standard InChI is InChI=1S/C22H23O6PS/c23-29(24,25)22(30(26,27)28)8-4-5-17-9-11-19(12-10-17)21-15-13-20(14-16-21)18-6-2-1-3-7-18/h1-3,6-7,9-16,22H,4-5,8H2,(H2,23,24,25)(H,26,27,28). The Morgan fingerprint density at radius 2 is 1.17 bits per heavy atom. The molecule has 0 saturated heterocycles. The fraction of sp³-hybridized carbons (Fsp3) is 0.182. The maximum absolute atomic E-state index is 11.3. The van der Waals surface area contributed by atoms with Gasteiger partial charge in [-0.25, -0.2) is 0 Å². The van der Waals surface area contributed by atoms with Crippen molar-refractivity contribution >= 4 is 17.7 Å². The highest BCUT2D eigenvalue weighted by Gasteiger charge is 2.38. The van der Waals surface area contributed by atoms with Gasteiger partial charge in [-0.2, -0.15) is 8.42 Å². The van der Waals surface area contributed by atoms with E-state index in [4.69, 9.17) is 14.3 Å². The zero-order chi connectivity index (χ0) is 21.8. The van der Waals surface area contributed by atoms with Crippen molar-refractivity contribution in [1.29, 1.82) is 0 Å². The lowest BCUT2D eigenvalue weighted by molar-refractivity contribution is 0.360. The van der Waals surface area contributed by atoms with Crippen LogP contribution in [0.5, 0.6) is 0 Å². The lowest BCUT2D eigenvalue weighted by Crippen LogP contribution is -2.20. The molecule has 6 nitrogen and oxygen atoms in total. The van der Waals surface area contributed by atoms with Crippen molar-refractivity contribution in [3.8, 4) is 22.3 Å². The van der Waals surface area contributed by atoms with Crippen LogP contribution in [-0.2, 0) is 21.1 Å². The second-order valence-corrected chi connectivity index (χ2v) is 10.8. The molecular formula is C22H23O6PS. The van der Waals surface area contributed by atoms with E-state index in [2.05, 4.69) is 24.3 Å². The molecule has 8 heteroatoms. The summed E-state index contributed by atoms with van der Waals surface area (Å²) in [6.45, 7) is 0. The molecule has 1 atom stereocenters. The predicted octanol–water partition coefficient (Wildman–Crippen LogP) is 4.73. The molecule has 0 fully saturated rings. The lowest BCUT2D eigenvalue weighted by atomic mass is 9.99. The molecule has 1 unspecified atom stereocenters. The van der Waals surface area contributed by atoms with Crippen LogP contribution in [-0.4, -0.2) is 27.7 Å². The molecular weight excluding hydrogens is 423 g/mol. The number of hydrogen-bond acceptors (Lipinski definition) is 3. The van der Waals surface area contributed by atoms with Crippen molar-refractivity contribution in [2.45, 2.75) is 24.3 Å². The van der Waals surface area contributed by atoms with Gasteiger partial charge in [0.2, 0.25) is 0 Å². The minimum Gasteiger partial charge on any atom is -0.323 e. The lowest BCUT2D eigenvalue weighted by Gasteiger charge is -2.15. The van der Waals surface area contributed by atoms with E-state index in [0.29, 0.717) is 6.42 Å². The Hall–Kier alpha value is -2.28. The van der Waals surface area contributed by atoms with E-state index in [1.54, 1.807) is 0 Å². The summed E-state index contributed by atoms with van der Waals surface area (Å²) in [7, 11) is -9.74. The summed E-state index contributed by atoms with van der Waals surface area (Å²) in [5, 5.41) is 0. The SMILES string of the molecule is O=P(O)(O)C(CCCc1ccc(-c2ccc(-c3ccccc3)cc2)cc1)S(=O)(=O)O. The van der Waals surface area contributed by atoms with Gasteiger partial charge in [0.1, 0.15) is 0 Å². The van der Waals surface area contributed by atoms with E-state index < -0.39 is 22.7 Å². The molecule has 0 radical (unpaired) electrons. The highest BCUT2D eigenvalue weighted by Crippen LogP contribution is 2.46. The average molecular weight is 446 g/mol. The highest BCUT2D eigenvalue weighted by molar-refractivity contribution is 7.93. The van der Waals surface area contributed by atoms with Gasteiger partial charge in [-0.1, -0.05) is 78.9 Å². The van der Waals surface area contributed by atoms with Gasteiger partial charge in [0.15, 0.2) is 4.99 Å². The van der Waals surface area contributed by atoms with Gasteiger partial charge in [0, 0.05) is 0 Å². The third-order valence-corrected chi connectivity index (χ3v) is 8.47. The minimum absolute atomic E-state index is 0.223. The molecule has 0 heterocycles. The minimum atomic E-state index is -4.93. The summed E-state index contributed by atoms with van der Waals surface area (Å²) >= 11 is 0. The van der Waals surface area contributed by atoms with Crippen molar-refractivity contribution in [2.75, 3.05) is 0 Å². The average Bonchev–Trinajstić information content (AvgIpc) is 2.71. The van der Waals surface area contributed by atoms with Gasteiger partial charge in [-0.15, -0.1) is 0 Å². The second kappa shape index (κ2) is 9.25. The van der Waals surface area contributed by atoms with E-state index >= 15 is 0 Å². The predicted molar refractivity (Wildman–Crippen MR) is 118 cm³/mol. The van der Waals surface area contributed by atoms with Crippen LogP contribution in [0.25, 0.3) is 22.3 Å². The Morgan fingerprint density at radius 3 is 1.60 bits per heavy atom. The van der Waals surface area contributed by atoms with Gasteiger partial charge in [-0.3, -0.25) is 9.12 Å². The van der Waals surface area contributed by atoms with E-state index in [9.17, 15) is 13.0 Å². The Labute approximate surface area is 176 Å². The van der Waals surface area contributed by atoms with E-state index in [-0.39, 0.29) is 12.8 Å². The molecule has 3 aromatic carbocycles. The molecule has 3 rings (SSSR count). The first-order valence-corrected chi connectivity index (χ1v) is 12.6. The summed E-state index contributed by atoms with van der Waals surface area (Å²) in [6, 6.07) is 26.0. The van der Waals surface area contributed by atoms with Crippen LogP contribution in [0.15, 0.2) is 78.9 Å². The van der Waals surface area contributed by atoms with E-state index in [0.717, 1.165) is 27.8 Å². The van der Waals surface area contributed by atoms with Crippen LogP contribution < -0.4 is 0 Å². The first-order valence-electron chi connectivity index (χ1n) is 9.41. The summed E-state index contributed by atoms with van der Waals surface area (Å²) in [6.07, 6.45) is 0.353.